The Morgan fingerprint density at radius 1 is 0.800 bits per heavy atom. The molecule has 0 aliphatic heterocycles. The second kappa shape index (κ2) is 7.89. The van der Waals surface area contributed by atoms with Gasteiger partial charge in [-0.15, -0.1) is 0 Å². The molecule has 15 heavy (non-hydrogen) atoms. The molecule has 0 aromatic heterocycles. The molecule has 2 rings (SSSR count). The third-order valence-corrected chi connectivity index (χ3v) is 3.24. The summed E-state index contributed by atoms with van der Waals surface area (Å²) in [6.45, 7) is 0.566. The molecule has 0 radical (unpaired) electrons. The topological polar surface area (TPSA) is 40.5 Å². The van der Waals surface area contributed by atoms with Crippen molar-refractivity contribution in [3.63, 3.8) is 0 Å². The van der Waals surface area contributed by atoms with Crippen LogP contribution in [0.1, 0.15) is 44.9 Å². The molecule has 0 saturated heterocycles. The van der Waals surface area contributed by atoms with Gasteiger partial charge < -0.3 is 10.2 Å². The molecule has 0 spiro atoms. The third kappa shape index (κ3) is 5.33. The lowest BCUT2D eigenvalue weighted by Crippen LogP contribution is -1.85. The van der Waals surface area contributed by atoms with Crippen molar-refractivity contribution in [3.8, 4) is 0 Å². The van der Waals surface area contributed by atoms with Gasteiger partial charge in [0.25, 0.3) is 0 Å². The largest absolute Gasteiger partial charge is 0.396 e. The summed E-state index contributed by atoms with van der Waals surface area (Å²) in [4.78, 5) is 0. The lowest BCUT2D eigenvalue weighted by molar-refractivity contribution is 0.265. The second-order valence-corrected chi connectivity index (χ2v) is 4.58. The number of rotatable bonds is 5. The summed E-state index contributed by atoms with van der Waals surface area (Å²) in [7, 11) is 0. The fraction of sp³-hybridized carbons (Fsp3) is 0.846. The molecule has 0 aromatic rings. The molecule has 2 unspecified atom stereocenters. The van der Waals surface area contributed by atoms with E-state index in [-0.39, 0.29) is 13.2 Å². The Kier molecular flexibility index (Phi) is 6.69. The summed E-state index contributed by atoms with van der Waals surface area (Å²) in [5, 5.41) is 16.6. The smallest absolute Gasteiger partial charge is 0.0431 e. The van der Waals surface area contributed by atoms with E-state index in [2.05, 4.69) is 12.2 Å². The molecule has 2 aliphatic carbocycles. The quantitative estimate of drug-likeness (QED) is 0.543. The van der Waals surface area contributed by atoms with Crippen molar-refractivity contribution >= 4 is 0 Å². The molecule has 2 atom stereocenters. The molecule has 1 fully saturated rings. The van der Waals surface area contributed by atoms with Crippen molar-refractivity contribution < 1.29 is 10.2 Å². The first-order valence-electron chi connectivity index (χ1n) is 6.27. The zero-order chi connectivity index (χ0) is 10.9. The number of hydrogen-bond donors (Lipinski definition) is 2. The van der Waals surface area contributed by atoms with Gasteiger partial charge in [-0.05, 0) is 43.9 Å². The van der Waals surface area contributed by atoms with Crippen LogP contribution in [0, 0.1) is 11.8 Å². The fourth-order valence-corrected chi connectivity index (χ4v) is 2.29. The summed E-state index contributed by atoms with van der Waals surface area (Å²) in [5.74, 6) is 1.98. The van der Waals surface area contributed by atoms with Crippen LogP contribution in [0.2, 0.25) is 0 Å². The summed E-state index contributed by atoms with van der Waals surface area (Å²) in [5.41, 5.74) is 0. The minimum atomic E-state index is 0.283. The Balaban J connectivity index is 0.000000150. The molecule has 1 saturated carbocycles. The number of unbranched alkanes of at least 4 members (excludes halogenated alkanes) is 3. The SMILES string of the molecule is C1=CC2CCC1C2.OCCCCCCO. The second-order valence-electron chi connectivity index (χ2n) is 4.58. The third-order valence-electron chi connectivity index (χ3n) is 3.24. The van der Waals surface area contributed by atoms with Gasteiger partial charge in [-0.1, -0.05) is 25.0 Å². The van der Waals surface area contributed by atoms with Crippen molar-refractivity contribution in [3.05, 3.63) is 12.2 Å². The van der Waals surface area contributed by atoms with E-state index in [1.54, 1.807) is 0 Å². The minimum absolute atomic E-state index is 0.283. The average Bonchev–Trinajstić information content (AvgIpc) is 2.89. The number of aliphatic hydroxyl groups is 2. The number of fused-ring (bicyclic) bond motifs is 2. The predicted octanol–water partition coefficient (Wildman–Crippen LogP) is 2.50. The molecule has 0 aromatic carbocycles. The highest BCUT2D eigenvalue weighted by Gasteiger charge is 2.25. The summed E-state index contributed by atoms with van der Waals surface area (Å²) >= 11 is 0. The van der Waals surface area contributed by atoms with Gasteiger partial charge in [0.1, 0.15) is 0 Å². The van der Waals surface area contributed by atoms with Crippen LogP contribution >= 0.6 is 0 Å². The number of allylic oxidation sites excluding steroid dienone is 2. The minimum Gasteiger partial charge on any atom is -0.396 e. The van der Waals surface area contributed by atoms with Crippen LogP contribution in [0.5, 0.6) is 0 Å². The lowest BCUT2D eigenvalue weighted by atomic mass is 10.1. The maximum Gasteiger partial charge on any atom is 0.0431 e. The van der Waals surface area contributed by atoms with Gasteiger partial charge in [-0.2, -0.15) is 0 Å². The van der Waals surface area contributed by atoms with Gasteiger partial charge in [-0.25, -0.2) is 0 Å². The molecular formula is C13H24O2. The molecule has 2 N–H and O–H groups in total. The zero-order valence-corrected chi connectivity index (χ0v) is 9.57. The van der Waals surface area contributed by atoms with Crippen LogP contribution < -0.4 is 0 Å². The maximum atomic E-state index is 8.30. The molecule has 2 nitrogen and oxygen atoms in total. The van der Waals surface area contributed by atoms with Crippen molar-refractivity contribution in [2.45, 2.75) is 44.9 Å². The maximum absolute atomic E-state index is 8.30. The fourth-order valence-electron chi connectivity index (χ4n) is 2.29. The van der Waals surface area contributed by atoms with E-state index >= 15 is 0 Å². The Morgan fingerprint density at radius 2 is 1.27 bits per heavy atom. The van der Waals surface area contributed by atoms with Gasteiger partial charge in [0.15, 0.2) is 0 Å². The van der Waals surface area contributed by atoms with E-state index in [9.17, 15) is 0 Å². The lowest BCUT2D eigenvalue weighted by Gasteiger charge is -1.96. The molecule has 0 amide bonds. The standard InChI is InChI=1S/C7H10.C6H14O2/c1-2-7-4-3-6(1)5-7;7-5-3-1-2-4-6-8/h1-2,6-7H,3-5H2;7-8H,1-6H2. The summed E-state index contributed by atoms with van der Waals surface area (Å²) < 4.78 is 0. The predicted molar refractivity (Wildman–Crippen MR) is 62.6 cm³/mol. The van der Waals surface area contributed by atoms with Gasteiger partial charge in [0, 0.05) is 13.2 Å². The van der Waals surface area contributed by atoms with Crippen molar-refractivity contribution in [1.82, 2.24) is 0 Å². The van der Waals surface area contributed by atoms with Crippen molar-refractivity contribution in [1.29, 1.82) is 0 Å². The summed E-state index contributed by atoms with van der Waals surface area (Å²) in [6.07, 6.45) is 13.0. The van der Waals surface area contributed by atoms with E-state index in [0.717, 1.165) is 37.5 Å². The number of aliphatic hydroxyl groups excluding tert-OH is 2. The first kappa shape index (κ1) is 12.7. The first-order valence-corrected chi connectivity index (χ1v) is 6.27. The Labute approximate surface area is 93.0 Å². The highest BCUT2D eigenvalue weighted by atomic mass is 16.3. The van der Waals surface area contributed by atoms with Crippen LogP contribution in [-0.2, 0) is 0 Å². The van der Waals surface area contributed by atoms with E-state index in [1.807, 2.05) is 0 Å². The molecule has 2 aliphatic rings. The molecule has 2 bridgehead atoms. The van der Waals surface area contributed by atoms with E-state index in [1.165, 1.54) is 19.3 Å². The van der Waals surface area contributed by atoms with Crippen molar-refractivity contribution in [2.24, 2.45) is 11.8 Å². The molecule has 2 heteroatoms. The van der Waals surface area contributed by atoms with Crippen LogP contribution in [0.4, 0.5) is 0 Å². The van der Waals surface area contributed by atoms with E-state index < -0.39 is 0 Å². The van der Waals surface area contributed by atoms with Gasteiger partial charge >= 0.3 is 0 Å². The zero-order valence-electron chi connectivity index (χ0n) is 9.57. The molecular weight excluding hydrogens is 188 g/mol. The van der Waals surface area contributed by atoms with E-state index in [4.69, 9.17) is 10.2 Å². The number of hydrogen-bond acceptors (Lipinski definition) is 2. The van der Waals surface area contributed by atoms with Crippen molar-refractivity contribution in [2.75, 3.05) is 13.2 Å². The highest BCUT2D eigenvalue weighted by Crippen LogP contribution is 2.38. The van der Waals surface area contributed by atoms with Gasteiger partial charge in [0.2, 0.25) is 0 Å². The first-order chi connectivity index (χ1) is 7.36. The highest BCUT2D eigenvalue weighted by molar-refractivity contribution is 5.06. The van der Waals surface area contributed by atoms with E-state index in [0.29, 0.717) is 0 Å². The van der Waals surface area contributed by atoms with Crippen LogP contribution in [-0.4, -0.2) is 23.4 Å². The molecule has 0 heterocycles. The normalized spacial score (nSPS) is 26.5. The average molecular weight is 212 g/mol. The monoisotopic (exact) mass is 212 g/mol. The Morgan fingerprint density at radius 3 is 1.47 bits per heavy atom. The van der Waals surface area contributed by atoms with Gasteiger partial charge in [-0.3, -0.25) is 0 Å². The van der Waals surface area contributed by atoms with Crippen LogP contribution in [0.15, 0.2) is 12.2 Å². The van der Waals surface area contributed by atoms with Crippen LogP contribution in [0.3, 0.4) is 0 Å². The Hall–Kier alpha value is -0.340. The van der Waals surface area contributed by atoms with Crippen LogP contribution in [0.25, 0.3) is 0 Å². The molecule has 88 valence electrons. The van der Waals surface area contributed by atoms with Gasteiger partial charge in [0.05, 0.1) is 0 Å². The Bertz CT molecular complexity index is 159. The summed E-state index contributed by atoms with van der Waals surface area (Å²) in [6, 6.07) is 0.